The Balaban J connectivity index is 1.53. The number of rotatable bonds is 6. The summed E-state index contributed by atoms with van der Waals surface area (Å²) in [5.74, 6) is -2.00. The molecule has 178 valence electrons. The van der Waals surface area contributed by atoms with E-state index < -0.39 is 23.6 Å². The summed E-state index contributed by atoms with van der Waals surface area (Å²) in [6.07, 6.45) is -0.418. The Kier molecular flexibility index (Phi) is 7.22. The number of benzene rings is 3. The van der Waals surface area contributed by atoms with E-state index in [4.69, 9.17) is 4.74 Å². The van der Waals surface area contributed by atoms with Crippen LogP contribution in [0.25, 0.3) is 10.8 Å². The first-order valence-electron chi connectivity index (χ1n) is 11.5. The van der Waals surface area contributed by atoms with Crippen LogP contribution in [0.5, 0.6) is 0 Å². The molecule has 5 nitrogen and oxygen atoms in total. The number of hydrogen-bond donors (Lipinski definition) is 0. The molecule has 7 heteroatoms. The third-order valence-electron chi connectivity index (χ3n) is 5.90. The number of carbonyl (C=O) groups is 2. The van der Waals surface area contributed by atoms with E-state index >= 15 is 0 Å². The normalized spacial score (nSPS) is 16.1. The molecule has 0 unspecified atom stereocenters. The summed E-state index contributed by atoms with van der Waals surface area (Å²) in [6.45, 7) is 5.70. The lowest BCUT2D eigenvalue weighted by molar-refractivity contribution is -0.0341. The molecule has 2 amide bonds. The van der Waals surface area contributed by atoms with Gasteiger partial charge in [-0.25, -0.2) is 8.78 Å². The third-order valence-corrected chi connectivity index (χ3v) is 5.90. The van der Waals surface area contributed by atoms with Gasteiger partial charge in [0.2, 0.25) is 0 Å². The van der Waals surface area contributed by atoms with Crippen LogP contribution < -0.4 is 0 Å². The molecule has 1 heterocycles. The van der Waals surface area contributed by atoms with Crippen LogP contribution in [-0.4, -0.2) is 60.5 Å². The van der Waals surface area contributed by atoms with Crippen molar-refractivity contribution in [2.24, 2.45) is 5.92 Å². The Bertz CT molecular complexity index is 1190. The molecular formula is C27H28F2N2O3. The molecule has 0 aliphatic carbocycles. The minimum absolute atomic E-state index is 0.0953. The zero-order valence-corrected chi connectivity index (χ0v) is 19.3. The fourth-order valence-corrected chi connectivity index (χ4v) is 4.36. The first-order valence-corrected chi connectivity index (χ1v) is 11.5. The van der Waals surface area contributed by atoms with Crippen LogP contribution in [0.4, 0.5) is 8.78 Å². The van der Waals surface area contributed by atoms with Gasteiger partial charge in [-0.15, -0.1) is 0 Å². The van der Waals surface area contributed by atoms with Crippen molar-refractivity contribution >= 4 is 22.6 Å². The highest BCUT2D eigenvalue weighted by Crippen LogP contribution is 2.22. The van der Waals surface area contributed by atoms with Gasteiger partial charge in [-0.05, 0) is 34.9 Å². The Morgan fingerprint density at radius 3 is 2.59 bits per heavy atom. The molecule has 0 bridgehead atoms. The second kappa shape index (κ2) is 10.3. The molecule has 1 fully saturated rings. The highest BCUT2D eigenvalue weighted by Gasteiger charge is 2.30. The average molecular weight is 467 g/mol. The predicted octanol–water partition coefficient (Wildman–Crippen LogP) is 4.76. The number of morpholine rings is 1. The summed E-state index contributed by atoms with van der Waals surface area (Å²) in [5, 5.41) is 1.88. The maximum absolute atomic E-state index is 14.2. The molecule has 34 heavy (non-hydrogen) atoms. The Labute approximate surface area is 197 Å². The van der Waals surface area contributed by atoms with Crippen LogP contribution in [0.2, 0.25) is 0 Å². The van der Waals surface area contributed by atoms with E-state index in [1.165, 1.54) is 4.90 Å². The van der Waals surface area contributed by atoms with Gasteiger partial charge in [0.25, 0.3) is 11.8 Å². The van der Waals surface area contributed by atoms with E-state index in [0.29, 0.717) is 31.3 Å². The van der Waals surface area contributed by atoms with E-state index in [1.54, 1.807) is 4.90 Å². The molecule has 0 N–H and O–H groups in total. The quantitative estimate of drug-likeness (QED) is 0.527. The molecule has 4 rings (SSSR count). The summed E-state index contributed by atoms with van der Waals surface area (Å²) in [4.78, 5) is 29.7. The lowest BCUT2D eigenvalue weighted by atomic mass is 10.0. The van der Waals surface area contributed by atoms with Crippen molar-refractivity contribution in [3.8, 4) is 0 Å². The van der Waals surface area contributed by atoms with Crippen molar-refractivity contribution in [2.75, 3.05) is 32.8 Å². The summed E-state index contributed by atoms with van der Waals surface area (Å²) in [5.41, 5.74) is 0.448. The van der Waals surface area contributed by atoms with E-state index in [0.717, 1.165) is 22.9 Å². The molecule has 1 aliphatic heterocycles. The Morgan fingerprint density at radius 1 is 1.06 bits per heavy atom. The first-order chi connectivity index (χ1) is 16.3. The Hall–Kier alpha value is -3.32. The van der Waals surface area contributed by atoms with E-state index in [9.17, 15) is 18.4 Å². The van der Waals surface area contributed by atoms with Gasteiger partial charge in [0.05, 0.1) is 18.3 Å². The average Bonchev–Trinajstić information content (AvgIpc) is 2.82. The number of fused-ring (bicyclic) bond motifs is 1. The molecule has 0 saturated carbocycles. The lowest BCUT2D eigenvalue weighted by Crippen LogP contribution is -2.51. The van der Waals surface area contributed by atoms with Crippen LogP contribution in [0.3, 0.4) is 0 Å². The molecule has 1 aliphatic rings. The summed E-state index contributed by atoms with van der Waals surface area (Å²) in [7, 11) is 0. The van der Waals surface area contributed by atoms with Crippen LogP contribution in [0.1, 0.15) is 34.6 Å². The third kappa shape index (κ3) is 5.25. The maximum Gasteiger partial charge on any atom is 0.257 e. The largest absolute Gasteiger partial charge is 0.373 e. The first kappa shape index (κ1) is 23.8. The van der Waals surface area contributed by atoms with Crippen molar-refractivity contribution in [2.45, 2.75) is 20.0 Å². The highest BCUT2D eigenvalue weighted by molar-refractivity contribution is 6.07. The SMILES string of the molecule is CC(C)CN(C[C@H]1CN(C(=O)c2ccc(F)cc2F)CCO1)C(=O)c1cccc2ccccc12. The molecule has 0 radical (unpaired) electrons. The molecule has 1 saturated heterocycles. The minimum atomic E-state index is -0.888. The van der Waals surface area contributed by atoms with Crippen molar-refractivity contribution < 1.29 is 23.1 Å². The van der Waals surface area contributed by atoms with Gasteiger partial charge in [-0.2, -0.15) is 0 Å². The van der Waals surface area contributed by atoms with Gasteiger partial charge in [0.1, 0.15) is 11.6 Å². The van der Waals surface area contributed by atoms with Crippen LogP contribution in [-0.2, 0) is 4.74 Å². The maximum atomic E-state index is 14.2. The zero-order valence-electron chi connectivity index (χ0n) is 19.3. The highest BCUT2D eigenvalue weighted by atomic mass is 19.1. The molecule has 3 aromatic carbocycles. The summed E-state index contributed by atoms with van der Waals surface area (Å²) >= 11 is 0. The number of nitrogens with zero attached hydrogens (tertiary/aromatic N) is 2. The van der Waals surface area contributed by atoms with Gasteiger partial charge in [0.15, 0.2) is 0 Å². The molecule has 0 spiro atoms. The number of amides is 2. The van der Waals surface area contributed by atoms with E-state index in [-0.39, 0.29) is 30.5 Å². The fourth-order valence-electron chi connectivity index (χ4n) is 4.36. The number of ether oxygens (including phenoxy) is 1. The fraction of sp³-hybridized carbons (Fsp3) is 0.333. The van der Waals surface area contributed by atoms with Gasteiger partial charge < -0.3 is 14.5 Å². The van der Waals surface area contributed by atoms with Crippen LogP contribution in [0.15, 0.2) is 60.7 Å². The van der Waals surface area contributed by atoms with Gasteiger partial charge >= 0.3 is 0 Å². The van der Waals surface area contributed by atoms with Crippen molar-refractivity contribution in [1.29, 1.82) is 0 Å². The zero-order chi connectivity index (χ0) is 24.2. The predicted molar refractivity (Wildman–Crippen MR) is 127 cm³/mol. The monoisotopic (exact) mass is 466 g/mol. The van der Waals surface area contributed by atoms with E-state index in [1.807, 2.05) is 56.3 Å². The second-order valence-electron chi connectivity index (χ2n) is 9.00. The molecular weight excluding hydrogens is 438 g/mol. The topological polar surface area (TPSA) is 49.9 Å². The standard InChI is InChI=1S/C27H28F2N2O3/c1-18(2)15-31(26(32)23-9-5-7-19-6-3-4-8-22(19)23)17-21-16-30(12-13-34-21)27(33)24-11-10-20(28)14-25(24)29/h3-11,14,18,21H,12-13,15-17H2,1-2H3/t21-/m1/s1. The molecule has 3 aromatic rings. The number of hydrogen-bond acceptors (Lipinski definition) is 3. The van der Waals surface area contributed by atoms with Crippen molar-refractivity contribution in [3.63, 3.8) is 0 Å². The Morgan fingerprint density at radius 2 is 1.82 bits per heavy atom. The number of carbonyl (C=O) groups excluding carboxylic acids is 2. The minimum Gasteiger partial charge on any atom is -0.373 e. The molecule has 0 aromatic heterocycles. The van der Waals surface area contributed by atoms with Crippen LogP contribution >= 0.6 is 0 Å². The number of halogens is 2. The van der Waals surface area contributed by atoms with Gasteiger partial charge in [-0.1, -0.05) is 50.2 Å². The summed E-state index contributed by atoms with van der Waals surface area (Å²) in [6, 6.07) is 16.4. The van der Waals surface area contributed by atoms with Crippen molar-refractivity contribution in [1.82, 2.24) is 9.80 Å². The van der Waals surface area contributed by atoms with Crippen LogP contribution in [0, 0.1) is 17.6 Å². The van der Waals surface area contributed by atoms with E-state index in [2.05, 4.69) is 0 Å². The summed E-state index contributed by atoms with van der Waals surface area (Å²) < 4.78 is 33.3. The second-order valence-corrected chi connectivity index (χ2v) is 9.00. The molecule has 1 atom stereocenters. The van der Waals surface area contributed by atoms with Gasteiger partial charge in [0, 0.05) is 37.8 Å². The smallest absolute Gasteiger partial charge is 0.257 e. The lowest BCUT2D eigenvalue weighted by Gasteiger charge is -2.36. The van der Waals surface area contributed by atoms with Crippen molar-refractivity contribution in [3.05, 3.63) is 83.4 Å². The van der Waals surface area contributed by atoms with Gasteiger partial charge in [-0.3, -0.25) is 9.59 Å².